The Morgan fingerprint density at radius 3 is 2.52 bits per heavy atom. The van der Waals surface area contributed by atoms with Crippen molar-refractivity contribution in [3.63, 3.8) is 0 Å². The second-order valence-corrected chi connectivity index (χ2v) is 5.86. The van der Waals surface area contributed by atoms with Crippen molar-refractivity contribution in [1.82, 2.24) is 4.57 Å². The van der Waals surface area contributed by atoms with Gasteiger partial charge in [0.1, 0.15) is 0 Å². The average molecular weight is 318 g/mol. The molecule has 0 aliphatic carbocycles. The van der Waals surface area contributed by atoms with E-state index in [1.165, 1.54) is 0 Å². The first kappa shape index (κ1) is 14.2. The summed E-state index contributed by atoms with van der Waals surface area (Å²) in [4.78, 5) is 12.7. The van der Waals surface area contributed by atoms with Crippen molar-refractivity contribution < 1.29 is 0 Å². The number of nitrogens with zero attached hydrogens (tertiary/aromatic N) is 1. The van der Waals surface area contributed by atoms with E-state index in [0.717, 1.165) is 10.9 Å². The summed E-state index contributed by atoms with van der Waals surface area (Å²) in [5.74, 6) is 0. The molecule has 0 fully saturated rings. The van der Waals surface area contributed by atoms with Gasteiger partial charge in [-0.05, 0) is 48.2 Å². The minimum atomic E-state index is -0.0976. The van der Waals surface area contributed by atoms with E-state index in [1.807, 2.05) is 49.5 Å². The lowest BCUT2D eigenvalue weighted by Crippen LogP contribution is -2.23. The van der Waals surface area contributed by atoms with E-state index in [2.05, 4.69) is 0 Å². The number of halogens is 2. The zero-order chi connectivity index (χ0) is 15.0. The van der Waals surface area contributed by atoms with E-state index >= 15 is 0 Å². The second-order valence-electron chi connectivity index (χ2n) is 4.99. The molecule has 106 valence electrons. The molecular weight excluding hydrogens is 305 g/mol. The van der Waals surface area contributed by atoms with E-state index in [4.69, 9.17) is 23.2 Å². The molecule has 1 unspecified atom stereocenters. The van der Waals surface area contributed by atoms with Crippen LogP contribution in [0.2, 0.25) is 10.0 Å². The summed E-state index contributed by atoms with van der Waals surface area (Å²) < 4.78 is 1.70. The van der Waals surface area contributed by atoms with Crippen LogP contribution < -0.4 is 5.56 Å². The maximum atomic E-state index is 12.7. The fourth-order valence-corrected chi connectivity index (χ4v) is 2.83. The van der Waals surface area contributed by atoms with Crippen molar-refractivity contribution in [3.8, 4) is 0 Å². The molecule has 0 aliphatic rings. The summed E-state index contributed by atoms with van der Waals surface area (Å²) in [5.41, 5.74) is 0.938. The molecule has 4 heteroatoms. The lowest BCUT2D eigenvalue weighted by Gasteiger charge is -2.16. The Hall–Kier alpha value is -1.77. The molecule has 1 atom stereocenters. The summed E-state index contributed by atoms with van der Waals surface area (Å²) >= 11 is 12.0. The van der Waals surface area contributed by atoms with Crippen LogP contribution in [0.1, 0.15) is 18.5 Å². The van der Waals surface area contributed by atoms with Crippen molar-refractivity contribution in [3.05, 3.63) is 80.7 Å². The third-order valence-corrected chi connectivity index (χ3v) is 4.11. The van der Waals surface area contributed by atoms with Crippen LogP contribution in [0.3, 0.4) is 0 Å². The monoisotopic (exact) mass is 317 g/mol. The lowest BCUT2D eigenvalue weighted by atomic mass is 10.1. The first-order valence-corrected chi connectivity index (χ1v) is 7.38. The molecule has 2 aromatic carbocycles. The molecule has 2 nitrogen and oxygen atoms in total. The molecule has 0 aliphatic heterocycles. The molecule has 1 aromatic heterocycles. The van der Waals surface area contributed by atoms with Gasteiger partial charge in [0, 0.05) is 21.6 Å². The van der Waals surface area contributed by atoms with Gasteiger partial charge >= 0.3 is 0 Å². The summed E-state index contributed by atoms with van der Waals surface area (Å²) in [5, 5.41) is 2.74. The third kappa shape index (κ3) is 2.69. The molecule has 3 rings (SSSR count). The van der Waals surface area contributed by atoms with Crippen molar-refractivity contribution in [2.24, 2.45) is 0 Å². The fourth-order valence-electron chi connectivity index (χ4n) is 2.46. The summed E-state index contributed by atoms with van der Waals surface area (Å²) in [7, 11) is 0. The lowest BCUT2D eigenvalue weighted by molar-refractivity contribution is 0.620. The number of hydrogen-bond acceptors (Lipinski definition) is 1. The molecule has 0 spiro atoms. The van der Waals surface area contributed by atoms with Crippen LogP contribution in [0.25, 0.3) is 10.8 Å². The molecule has 0 amide bonds. The molecule has 0 saturated carbocycles. The minimum Gasteiger partial charge on any atom is -0.308 e. The van der Waals surface area contributed by atoms with Crippen LogP contribution in [0.5, 0.6) is 0 Å². The van der Waals surface area contributed by atoms with Gasteiger partial charge in [-0.25, -0.2) is 0 Å². The number of pyridine rings is 1. The van der Waals surface area contributed by atoms with Gasteiger partial charge in [-0.2, -0.15) is 0 Å². The van der Waals surface area contributed by atoms with Crippen molar-refractivity contribution in [2.45, 2.75) is 13.0 Å². The number of rotatable bonds is 2. The maximum Gasteiger partial charge on any atom is 0.259 e. The van der Waals surface area contributed by atoms with Crippen LogP contribution in [0, 0.1) is 0 Å². The highest BCUT2D eigenvalue weighted by Gasteiger charge is 2.11. The Morgan fingerprint density at radius 2 is 1.76 bits per heavy atom. The molecule has 1 heterocycles. The third-order valence-electron chi connectivity index (χ3n) is 3.64. The van der Waals surface area contributed by atoms with Gasteiger partial charge in [-0.15, -0.1) is 0 Å². The van der Waals surface area contributed by atoms with Gasteiger partial charge in [0.2, 0.25) is 0 Å². The van der Waals surface area contributed by atoms with Crippen molar-refractivity contribution >= 4 is 34.0 Å². The predicted octanol–water partition coefficient (Wildman–Crippen LogP) is 4.92. The molecule has 3 aromatic rings. The number of fused-ring (bicyclic) bond motifs is 1. The Labute approximate surface area is 132 Å². The van der Waals surface area contributed by atoms with E-state index in [0.29, 0.717) is 15.4 Å². The first-order chi connectivity index (χ1) is 10.1. The van der Waals surface area contributed by atoms with E-state index < -0.39 is 0 Å². The van der Waals surface area contributed by atoms with Crippen LogP contribution >= 0.6 is 23.2 Å². The molecule has 0 N–H and O–H groups in total. The van der Waals surface area contributed by atoms with Crippen molar-refractivity contribution in [2.75, 3.05) is 0 Å². The van der Waals surface area contributed by atoms with Crippen LogP contribution in [-0.2, 0) is 0 Å². The topological polar surface area (TPSA) is 22.0 Å². The van der Waals surface area contributed by atoms with Crippen LogP contribution in [0.15, 0.2) is 59.5 Å². The highest BCUT2D eigenvalue weighted by Crippen LogP contribution is 2.22. The molecule has 21 heavy (non-hydrogen) atoms. The summed E-state index contributed by atoms with van der Waals surface area (Å²) in [6, 6.07) is 14.7. The standard InChI is InChI=1S/C17H13Cl2NO/c1-11(13-3-2-4-14(18)9-13)20-8-7-12-5-6-15(19)10-16(12)17(20)21/h2-11H,1H3. The normalized spacial score (nSPS) is 12.5. The zero-order valence-corrected chi connectivity index (χ0v) is 12.9. The SMILES string of the molecule is CC(c1cccc(Cl)c1)n1ccc2ccc(Cl)cc2c1=O. The van der Waals surface area contributed by atoms with E-state index in [9.17, 15) is 4.79 Å². The Bertz CT molecular complexity index is 870. The van der Waals surface area contributed by atoms with Gasteiger partial charge in [0.25, 0.3) is 5.56 Å². The predicted molar refractivity (Wildman–Crippen MR) is 88.5 cm³/mol. The van der Waals surface area contributed by atoms with E-state index in [1.54, 1.807) is 16.7 Å². The van der Waals surface area contributed by atoms with Gasteiger partial charge in [0.05, 0.1) is 6.04 Å². The van der Waals surface area contributed by atoms with Gasteiger partial charge in [-0.3, -0.25) is 4.79 Å². The summed E-state index contributed by atoms with van der Waals surface area (Å²) in [6.07, 6.45) is 1.81. The quantitative estimate of drug-likeness (QED) is 0.657. The largest absolute Gasteiger partial charge is 0.308 e. The minimum absolute atomic E-state index is 0.0533. The Kier molecular flexibility index (Phi) is 3.75. The van der Waals surface area contributed by atoms with Crippen LogP contribution in [0.4, 0.5) is 0 Å². The van der Waals surface area contributed by atoms with Crippen molar-refractivity contribution in [1.29, 1.82) is 0 Å². The maximum absolute atomic E-state index is 12.7. The second kappa shape index (κ2) is 5.55. The fraction of sp³-hybridized carbons (Fsp3) is 0.118. The molecule has 0 radical (unpaired) electrons. The Morgan fingerprint density at radius 1 is 1.00 bits per heavy atom. The number of aromatic nitrogens is 1. The average Bonchev–Trinajstić information content (AvgIpc) is 2.47. The number of hydrogen-bond donors (Lipinski definition) is 0. The highest BCUT2D eigenvalue weighted by molar-refractivity contribution is 6.31. The summed E-state index contributed by atoms with van der Waals surface area (Å²) in [6.45, 7) is 1.98. The van der Waals surface area contributed by atoms with Crippen LogP contribution in [-0.4, -0.2) is 4.57 Å². The first-order valence-electron chi connectivity index (χ1n) is 6.62. The van der Waals surface area contributed by atoms with Gasteiger partial charge < -0.3 is 4.57 Å². The van der Waals surface area contributed by atoms with Gasteiger partial charge in [-0.1, -0.05) is 41.4 Å². The zero-order valence-electron chi connectivity index (χ0n) is 11.4. The number of benzene rings is 2. The Balaban J connectivity index is 2.16. The molecular formula is C17H13Cl2NO. The molecule has 0 saturated heterocycles. The molecule has 0 bridgehead atoms. The van der Waals surface area contributed by atoms with E-state index in [-0.39, 0.29) is 11.6 Å². The smallest absolute Gasteiger partial charge is 0.259 e. The van der Waals surface area contributed by atoms with Gasteiger partial charge in [0.15, 0.2) is 0 Å². The highest BCUT2D eigenvalue weighted by atomic mass is 35.5.